The highest BCUT2D eigenvalue weighted by atomic mass is 16.3. The lowest BCUT2D eigenvalue weighted by Gasteiger charge is -2.33. The summed E-state index contributed by atoms with van der Waals surface area (Å²) in [5.41, 5.74) is 0. The Hall–Kier alpha value is -1.45. The van der Waals surface area contributed by atoms with Crippen LogP contribution in [0.4, 0.5) is 0 Å². The summed E-state index contributed by atoms with van der Waals surface area (Å²) < 4.78 is 5.36. The highest BCUT2D eigenvalue weighted by molar-refractivity contribution is 5.80. The lowest BCUT2D eigenvalue weighted by molar-refractivity contribution is 0.273. The van der Waals surface area contributed by atoms with Crippen LogP contribution in [0.15, 0.2) is 27.8 Å². The lowest BCUT2D eigenvalue weighted by Crippen LogP contribution is -2.46. The van der Waals surface area contributed by atoms with Gasteiger partial charge in [-0.2, -0.15) is 0 Å². The second kappa shape index (κ2) is 7.98. The second-order valence-electron chi connectivity index (χ2n) is 5.63. The summed E-state index contributed by atoms with van der Waals surface area (Å²) in [4.78, 5) is 7.11. The van der Waals surface area contributed by atoms with Gasteiger partial charge in [0.15, 0.2) is 5.96 Å². The quantitative estimate of drug-likeness (QED) is 0.664. The molecule has 0 spiro atoms. The van der Waals surface area contributed by atoms with Gasteiger partial charge in [-0.15, -0.1) is 0 Å². The average Bonchev–Trinajstić information content (AvgIpc) is 2.97. The standard InChI is InChI=1S/C16H27N3O/c1-3-9-17-16(19-11-7-14(2)8-12-19)18-10-6-15-5-4-13-20-15/h4-5,13-14H,3,6-12H2,1-2H3,(H,17,18). The molecule has 112 valence electrons. The van der Waals surface area contributed by atoms with Crippen LogP contribution in [0, 0.1) is 5.92 Å². The fourth-order valence-electron chi connectivity index (χ4n) is 2.46. The summed E-state index contributed by atoms with van der Waals surface area (Å²) in [6, 6.07) is 3.96. The number of nitrogens with zero attached hydrogens (tertiary/aromatic N) is 2. The molecular weight excluding hydrogens is 250 g/mol. The fraction of sp³-hybridized carbons (Fsp3) is 0.688. The number of furan rings is 1. The van der Waals surface area contributed by atoms with Crippen LogP contribution in [0.5, 0.6) is 0 Å². The van der Waals surface area contributed by atoms with Crippen molar-refractivity contribution in [3.8, 4) is 0 Å². The van der Waals surface area contributed by atoms with Crippen LogP contribution in [-0.2, 0) is 6.42 Å². The molecule has 0 bridgehead atoms. The van der Waals surface area contributed by atoms with E-state index in [0.717, 1.165) is 56.7 Å². The summed E-state index contributed by atoms with van der Waals surface area (Å²) >= 11 is 0. The van der Waals surface area contributed by atoms with Gasteiger partial charge in [0.2, 0.25) is 0 Å². The highest BCUT2D eigenvalue weighted by Crippen LogP contribution is 2.16. The van der Waals surface area contributed by atoms with Crippen LogP contribution in [0.2, 0.25) is 0 Å². The molecule has 1 N–H and O–H groups in total. The van der Waals surface area contributed by atoms with Gasteiger partial charge in [0.25, 0.3) is 0 Å². The van der Waals surface area contributed by atoms with Gasteiger partial charge in [0.05, 0.1) is 6.26 Å². The molecule has 1 fully saturated rings. The Labute approximate surface area is 122 Å². The summed E-state index contributed by atoms with van der Waals surface area (Å²) in [7, 11) is 0. The van der Waals surface area contributed by atoms with Gasteiger partial charge in [-0.1, -0.05) is 13.8 Å². The van der Waals surface area contributed by atoms with Crippen molar-refractivity contribution in [2.45, 2.75) is 39.5 Å². The van der Waals surface area contributed by atoms with E-state index in [1.165, 1.54) is 12.8 Å². The fourth-order valence-corrected chi connectivity index (χ4v) is 2.46. The maximum absolute atomic E-state index is 5.36. The minimum atomic E-state index is 0.849. The molecule has 0 amide bonds. The molecule has 0 radical (unpaired) electrons. The van der Waals surface area contributed by atoms with Crippen molar-refractivity contribution in [3.05, 3.63) is 24.2 Å². The predicted molar refractivity (Wildman–Crippen MR) is 83.0 cm³/mol. The largest absolute Gasteiger partial charge is 0.469 e. The van der Waals surface area contributed by atoms with Gasteiger partial charge < -0.3 is 14.6 Å². The molecule has 0 saturated carbocycles. The van der Waals surface area contributed by atoms with E-state index in [1.807, 2.05) is 12.1 Å². The summed E-state index contributed by atoms with van der Waals surface area (Å²) in [5, 5.41) is 3.49. The van der Waals surface area contributed by atoms with Crippen molar-refractivity contribution >= 4 is 5.96 Å². The number of rotatable bonds is 5. The lowest BCUT2D eigenvalue weighted by atomic mass is 10.00. The first kappa shape index (κ1) is 14.9. The van der Waals surface area contributed by atoms with Gasteiger partial charge >= 0.3 is 0 Å². The van der Waals surface area contributed by atoms with E-state index in [1.54, 1.807) is 6.26 Å². The second-order valence-corrected chi connectivity index (χ2v) is 5.63. The third-order valence-electron chi connectivity index (χ3n) is 3.80. The van der Waals surface area contributed by atoms with E-state index >= 15 is 0 Å². The average molecular weight is 277 g/mol. The van der Waals surface area contributed by atoms with E-state index in [4.69, 9.17) is 9.41 Å². The zero-order chi connectivity index (χ0) is 14.2. The number of guanidine groups is 1. The smallest absolute Gasteiger partial charge is 0.193 e. The Morgan fingerprint density at radius 1 is 1.45 bits per heavy atom. The van der Waals surface area contributed by atoms with E-state index in [2.05, 4.69) is 24.1 Å². The van der Waals surface area contributed by atoms with Gasteiger partial charge in [-0.05, 0) is 37.3 Å². The molecule has 4 heteroatoms. The first-order valence-electron chi connectivity index (χ1n) is 7.85. The van der Waals surface area contributed by atoms with Crippen molar-refractivity contribution < 1.29 is 4.42 Å². The Morgan fingerprint density at radius 3 is 2.90 bits per heavy atom. The third-order valence-corrected chi connectivity index (χ3v) is 3.80. The minimum Gasteiger partial charge on any atom is -0.469 e. The van der Waals surface area contributed by atoms with Crippen LogP contribution in [0.1, 0.15) is 38.9 Å². The molecular formula is C16H27N3O. The number of piperidine rings is 1. The normalized spacial score (nSPS) is 17.5. The summed E-state index contributed by atoms with van der Waals surface area (Å²) in [6.45, 7) is 8.53. The number of aliphatic imine (C=N–C) groups is 1. The van der Waals surface area contributed by atoms with Gasteiger partial charge in [-0.25, -0.2) is 0 Å². The Morgan fingerprint density at radius 2 is 2.25 bits per heavy atom. The Balaban J connectivity index is 1.83. The SMILES string of the molecule is CCCN=C(NCCc1ccco1)N1CCC(C)CC1. The zero-order valence-corrected chi connectivity index (χ0v) is 12.8. The molecule has 1 aromatic heterocycles. The van der Waals surface area contributed by atoms with E-state index < -0.39 is 0 Å². The van der Waals surface area contributed by atoms with Gasteiger partial charge in [-0.3, -0.25) is 4.99 Å². The molecule has 1 aliphatic rings. The molecule has 1 aliphatic heterocycles. The molecule has 1 saturated heterocycles. The van der Waals surface area contributed by atoms with Crippen LogP contribution >= 0.6 is 0 Å². The predicted octanol–water partition coefficient (Wildman–Crippen LogP) is 2.91. The number of hydrogen-bond acceptors (Lipinski definition) is 2. The maximum atomic E-state index is 5.36. The molecule has 2 heterocycles. The first-order chi connectivity index (χ1) is 9.79. The Bertz CT molecular complexity index is 392. The minimum absolute atomic E-state index is 0.849. The zero-order valence-electron chi connectivity index (χ0n) is 12.8. The van der Waals surface area contributed by atoms with Crippen molar-refractivity contribution in [1.82, 2.24) is 10.2 Å². The van der Waals surface area contributed by atoms with E-state index in [0.29, 0.717) is 0 Å². The first-order valence-corrected chi connectivity index (χ1v) is 7.85. The number of likely N-dealkylation sites (tertiary alicyclic amines) is 1. The van der Waals surface area contributed by atoms with Crippen molar-refractivity contribution in [2.24, 2.45) is 10.9 Å². The van der Waals surface area contributed by atoms with E-state index in [-0.39, 0.29) is 0 Å². The Kier molecular flexibility index (Phi) is 5.96. The molecule has 0 aliphatic carbocycles. The van der Waals surface area contributed by atoms with Gasteiger partial charge in [0.1, 0.15) is 5.76 Å². The van der Waals surface area contributed by atoms with Crippen molar-refractivity contribution in [3.63, 3.8) is 0 Å². The maximum Gasteiger partial charge on any atom is 0.193 e. The highest BCUT2D eigenvalue weighted by Gasteiger charge is 2.18. The van der Waals surface area contributed by atoms with Crippen molar-refractivity contribution in [1.29, 1.82) is 0 Å². The van der Waals surface area contributed by atoms with Gasteiger partial charge in [0, 0.05) is 32.6 Å². The van der Waals surface area contributed by atoms with Crippen LogP contribution < -0.4 is 5.32 Å². The van der Waals surface area contributed by atoms with Crippen LogP contribution in [0.25, 0.3) is 0 Å². The molecule has 2 rings (SSSR count). The summed E-state index contributed by atoms with van der Waals surface area (Å²) in [6.07, 6.45) is 6.26. The molecule has 1 aromatic rings. The van der Waals surface area contributed by atoms with Crippen LogP contribution in [0.3, 0.4) is 0 Å². The van der Waals surface area contributed by atoms with E-state index in [9.17, 15) is 0 Å². The third kappa shape index (κ3) is 4.58. The molecule has 0 aromatic carbocycles. The molecule has 0 atom stereocenters. The monoisotopic (exact) mass is 277 g/mol. The molecule has 0 unspecified atom stereocenters. The number of nitrogens with one attached hydrogen (secondary N) is 1. The van der Waals surface area contributed by atoms with Crippen molar-refractivity contribution in [2.75, 3.05) is 26.2 Å². The summed E-state index contributed by atoms with van der Waals surface area (Å²) in [5.74, 6) is 2.95. The molecule has 20 heavy (non-hydrogen) atoms. The molecule has 4 nitrogen and oxygen atoms in total. The topological polar surface area (TPSA) is 40.8 Å². The van der Waals surface area contributed by atoms with Crippen LogP contribution in [-0.4, -0.2) is 37.0 Å². The number of hydrogen-bond donors (Lipinski definition) is 1.